The number of nitrogens with zero attached hydrogens (tertiary/aromatic N) is 2. The van der Waals surface area contributed by atoms with Gasteiger partial charge in [-0.3, -0.25) is 4.98 Å². The SMILES string of the molecule is Cc1cnc(C)c(NCc2cc(F)ccc2Br)n1. The minimum atomic E-state index is -0.248. The lowest BCUT2D eigenvalue weighted by atomic mass is 10.2. The summed E-state index contributed by atoms with van der Waals surface area (Å²) in [7, 11) is 0. The van der Waals surface area contributed by atoms with E-state index in [1.807, 2.05) is 13.8 Å². The molecule has 94 valence electrons. The molecule has 0 spiro atoms. The summed E-state index contributed by atoms with van der Waals surface area (Å²) in [6.07, 6.45) is 1.72. The minimum Gasteiger partial charge on any atom is -0.364 e. The average Bonchev–Trinajstić information content (AvgIpc) is 2.34. The van der Waals surface area contributed by atoms with Crippen LogP contribution in [0.2, 0.25) is 0 Å². The Morgan fingerprint density at radius 2 is 2.11 bits per heavy atom. The van der Waals surface area contributed by atoms with E-state index in [1.54, 1.807) is 12.3 Å². The number of anilines is 1. The summed E-state index contributed by atoms with van der Waals surface area (Å²) in [5.74, 6) is 0.480. The molecule has 0 unspecified atom stereocenters. The molecule has 0 aliphatic rings. The molecule has 0 atom stereocenters. The zero-order valence-corrected chi connectivity index (χ0v) is 11.8. The van der Waals surface area contributed by atoms with Gasteiger partial charge in [0.05, 0.1) is 11.4 Å². The number of aryl methyl sites for hydroxylation is 2. The van der Waals surface area contributed by atoms with Gasteiger partial charge in [0.2, 0.25) is 0 Å². The average molecular weight is 310 g/mol. The van der Waals surface area contributed by atoms with Crippen LogP contribution in [0, 0.1) is 19.7 Å². The Bertz CT molecular complexity index is 521. The number of nitrogens with one attached hydrogen (secondary N) is 1. The highest BCUT2D eigenvalue weighted by atomic mass is 79.9. The molecule has 0 aliphatic carbocycles. The molecule has 0 bridgehead atoms. The number of benzene rings is 1. The largest absolute Gasteiger partial charge is 0.364 e. The third kappa shape index (κ3) is 3.04. The zero-order chi connectivity index (χ0) is 13.1. The van der Waals surface area contributed by atoms with Crippen molar-refractivity contribution in [1.82, 2.24) is 9.97 Å². The van der Waals surface area contributed by atoms with Gasteiger partial charge < -0.3 is 5.32 Å². The summed E-state index contributed by atoms with van der Waals surface area (Å²) in [5.41, 5.74) is 2.52. The smallest absolute Gasteiger partial charge is 0.148 e. The molecule has 1 heterocycles. The van der Waals surface area contributed by atoms with Crippen LogP contribution in [0.4, 0.5) is 10.2 Å². The Labute approximate surface area is 114 Å². The van der Waals surface area contributed by atoms with E-state index in [2.05, 4.69) is 31.2 Å². The third-order valence-electron chi connectivity index (χ3n) is 2.53. The van der Waals surface area contributed by atoms with Gasteiger partial charge in [0.25, 0.3) is 0 Å². The van der Waals surface area contributed by atoms with Gasteiger partial charge in [0, 0.05) is 17.2 Å². The second-order valence-corrected chi connectivity index (χ2v) is 4.89. The monoisotopic (exact) mass is 309 g/mol. The Balaban J connectivity index is 2.16. The maximum Gasteiger partial charge on any atom is 0.148 e. The minimum absolute atomic E-state index is 0.248. The van der Waals surface area contributed by atoms with Gasteiger partial charge in [0.15, 0.2) is 0 Å². The first-order valence-corrected chi connectivity index (χ1v) is 6.33. The molecule has 0 saturated heterocycles. The van der Waals surface area contributed by atoms with Gasteiger partial charge in [-0.2, -0.15) is 0 Å². The summed E-state index contributed by atoms with van der Waals surface area (Å²) in [6, 6.07) is 4.61. The zero-order valence-electron chi connectivity index (χ0n) is 10.2. The highest BCUT2D eigenvalue weighted by Gasteiger charge is 2.05. The lowest BCUT2D eigenvalue weighted by Crippen LogP contribution is -2.06. The van der Waals surface area contributed by atoms with E-state index in [-0.39, 0.29) is 5.82 Å². The molecular formula is C13H13BrFN3. The molecular weight excluding hydrogens is 297 g/mol. The highest BCUT2D eigenvalue weighted by Crippen LogP contribution is 2.19. The van der Waals surface area contributed by atoms with Gasteiger partial charge in [0.1, 0.15) is 11.6 Å². The third-order valence-corrected chi connectivity index (χ3v) is 3.30. The quantitative estimate of drug-likeness (QED) is 0.941. The van der Waals surface area contributed by atoms with Crippen molar-refractivity contribution in [2.75, 3.05) is 5.32 Å². The fourth-order valence-corrected chi connectivity index (χ4v) is 1.95. The van der Waals surface area contributed by atoms with Crippen LogP contribution in [-0.4, -0.2) is 9.97 Å². The van der Waals surface area contributed by atoms with Gasteiger partial charge in [-0.25, -0.2) is 9.37 Å². The summed E-state index contributed by atoms with van der Waals surface area (Å²) in [5, 5.41) is 3.17. The van der Waals surface area contributed by atoms with Crippen molar-refractivity contribution < 1.29 is 4.39 Å². The summed E-state index contributed by atoms with van der Waals surface area (Å²) in [4.78, 5) is 8.58. The van der Waals surface area contributed by atoms with Crippen LogP contribution < -0.4 is 5.32 Å². The van der Waals surface area contributed by atoms with Crippen LogP contribution in [0.25, 0.3) is 0 Å². The molecule has 0 fully saturated rings. The maximum absolute atomic E-state index is 13.1. The topological polar surface area (TPSA) is 37.8 Å². The van der Waals surface area contributed by atoms with Crippen LogP contribution in [0.1, 0.15) is 17.0 Å². The van der Waals surface area contributed by atoms with Crippen molar-refractivity contribution in [3.05, 3.63) is 51.6 Å². The molecule has 0 aliphatic heterocycles. The van der Waals surface area contributed by atoms with Gasteiger partial charge in [-0.05, 0) is 37.6 Å². The van der Waals surface area contributed by atoms with Crippen LogP contribution in [0.3, 0.4) is 0 Å². The van der Waals surface area contributed by atoms with Crippen LogP contribution in [0.5, 0.6) is 0 Å². The van der Waals surface area contributed by atoms with Crippen molar-refractivity contribution in [3.63, 3.8) is 0 Å². The Hall–Kier alpha value is -1.49. The molecule has 1 aromatic carbocycles. The molecule has 1 N–H and O–H groups in total. The van der Waals surface area contributed by atoms with Gasteiger partial charge >= 0.3 is 0 Å². The van der Waals surface area contributed by atoms with Crippen molar-refractivity contribution in [1.29, 1.82) is 0 Å². The van der Waals surface area contributed by atoms with E-state index in [0.717, 1.165) is 27.2 Å². The van der Waals surface area contributed by atoms with E-state index < -0.39 is 0 Å². The summed E-state index contributed by atoms with van der Waals surface area (Å²) in [6.45, 7) is 4.27. The number of hydrogen-bond donors (Lipinski definition) is 1. The first-order valence-electron chi connectivity index (χ1n) is 5.54. The van der Waals surface area contributed by atoms with E-state index in [9.17, 15) is 4.39 Å². The molecule has 5 heteroatoms. The molecule has 2 aromatic rings. The van der Waals surface area contributed by atoms with E-state index in [4.69, 9.17) is 0 Å². The molecule has 18 heavy (non-hydrogen) atoms. The fraction of sp³-hybridized carbons (Fsp3) is 0.231. The van der Waals surface area contributed by atoms with E-state index in [1.165, 1.54) is 12.1 Å². The summed E-state index contributed by atoms with van der Waals surface area (Å²) < 4.78 is 14.0. The summed E-state index contributed by atoms with van der Waals surface area (Å²) >= 11 is 3.39. The number of aromatic nitrogens is 2. The Morgan fingerprint density at radius 3 is 2.89 bits per heavy atom. The predicted molar refractivity (Wildman–Crippen MR) is 72.9 cm³/mol. The number of hydrogen-bond acceptors (Lipinski definition) is 3. The Morgan fingerprint density at radius 1 is 1.33 bits per heavy atom. The van der Waals surface area contributed by atoms with Gasteiger partial charge in [-0.15, -0.1) is 0 Å². The van der Waals surface area contributed by atoms with Crippen LogP contribution in [0.15, 0.2) is 28.9 Å². The second kappa shape index (κ2) is 5.44. The number of rotatable bonds is 3. The van der Waals surface area contributed by atoms with Crippen LogP contribution in [-0.2, 0) is 6.54 Å². The first-order chi connectivity index (χ1) is 8.56. The molecule has 0 saturated carbocycles. The van der Waals surface area contributed by atoms with Crippen molar-refractivity contribution in [2.24, 2.45) is 0 Å². The standard InChI is InChI=1S/C13H13BrFN3/c1-8-6-16-9(2)13(18-8)17-7-10-5-11(15)3-4-12(10)14/h3-6H,7H2,1-2H3,(H,17,18). The van der Waals surface area contributed by atoms with E-state index >= 15 is 0 Å². The lowest BCUT2D eigenvalue weighted by molar-refractivity contribution is 0.625. The van der Waals surface area contributed by atoms with Crippen molar-refractivity contribution >= 4 is 21.7 Å². The van der Waals surface area contributed by atoms with Crippen molar-refractivity contribution in [2.45, 2.75) is 20.4 Å². The maximum atomic E-state index is 13.1. The first kappa shape index (κ1) is 13.0. The normalized spacial score (nSPS) is 10.4. The molecule has 1 aromatic heterocycles. The predicted octanol–water partition coefficient (Wildman–Crippen LogP) is 3.61. The molecule has 2 rings (SSSR count). The van der Waals surface area contributed by atoms with Gasteiger partial charge in [-0.1, -0.05) is 15.9 Å². The Kier molecular flexibility index (Phi) is 3.91. The van der Waals surface area contributed by atoms with Crippen LogP contribution >= 0.6 is 15.9 Å². The van der Waals surface area contributed by atoms with Crippen molar-refractivity contribution in [3.8, 4) is 0 Å². The number of halogens is 2. The highest BCUT2D eigenvalue weighted by molar-refractivity contribution is 9.10. The molecule has 0 amide bonds. The second-order valence-electron chi connectivity index (χ2n) is 4.03. The lowest BCUT2D eigenvalue weighted by Gasteiger charge is -2.10. The van der Waals surface area contributed by atoms with E-state index in [0.29, 0.717) is 6.54 Å². The molecule has 3 nitrogen and oxygen atoms in total. The molecule has 0 radical (unpaired) electrons. The fourth-order valence-electron chi connectivity index (χ4n) is 1.56.